The van der Waals surface area contributed by atoms with E-state index in [1.807, 2.05) is 6.92 Å². The van der Waals surface area contributed by atoms with Gasteiger partial charge in [-0.05, 0) is 32.1 Å². The number of allylic oxidation sites excluding steroid dienone is 2. The summed E-state index contributed by atoms with van der Waals surface area (Å²) in [4.78, 5) is 24.4. The van der Waals surface area contributed by atoms with Crippen LogP contribution in [0.3, 0.4) is 0 Å². The Kier molecular flexibility index (Phi) is 19.3. The monoisotopic (exact) mass is 546 g/mol. The highest BCUT2D eigenvalue weighted by molar-refractivity contribution is 5.70. The summed E-state index contributed by atoms with van der Waals surface area (Å²) in [6.45, 7) is 3.05. The van der Waals surface area contributed by atoms with Gasteiger partial charge in [0.05, 0.1) is 13.2 Å². The molecule has 6 atom stereocenters. The molecule has 10 heteroatoms. The van der Waals surface area contributed by atoms with Gasteiger partial charge in [0.1, 0.15) is 31.0 Å². The maximum Gasteiger partial charge on any atom is 0.306 e. The van der Waals surface area contributed by atoms with Crippen LogP contribution in [0, 0.1) is 0 Å². The van der Waals surface area contributed by atoms with E-state index in [4.69, 9.17) is 18.9 Å². The molecular weight excluding hydrogens is 496 g/mol. The van der Waals surface area contributed by atoms with E-state index in [9.17, 15) is 30.0 Å². The van der Waals surface area contributed by atoms with Crippen molar-refractivity contribution in [3.8, 4) is 0 Å². The number of hydrogen-bond donors (Lipinski definition) is 4. The molecule has 1 rings (SSSR count). The summed E-state index contributed by atoms with van der Waals surface area (Å²) in [6, 6.07) is 0. The van der Waals surface area contributed by atoms with Crippen LogP contribution in [0.4, 0.5) is 0 Å². The van der Waals surface area contributed by atoms with Crippen molar-refractivity contribution in [3.63, 3.8) is 0 Å². The second kappa shape index (κ2) is 21.3. The molecule has 0 amide bonds. The van der Waals surface area contributed by atoms with E-state index in [0.717, 1.165) is 44.9 Å². The van der Waals surface area contributed by atoms with Gasteiger partial charge in [0.2, 0.25) is 0 Å². The molecular formula is C28H50O10. The normalized spacial score (nSPS) is 24.4. The van der Waals surface area contributed by atoms with Crippen molar-refractivity contribution in [2.45, 2.75) is 134 Å². The third-order valence-electron chi connectivity index (χ3n) is 6.40. The van der Waals surface area contributed by atoms with Crippen LogP contribution in [0.5, 0.6) is 0 Å². The zero-order valence-corrected chi connectivity index (χ0v) is 23.2. The minimum atomic E-state index is -1.59. The van der Waals surface area contributed by atoms with Crippen LogP contribution in [-0.2, 0) is 28.5 Å². The third kappa shape index (κ3) is 14.6. The Hall–Kier alpha value is -1.56. The molecule has 1 aliphatic rings. The average molecular weight is 547 g/mol. The van der Waals surface area contributed by atoms with E-state index in [2.05, 4.69) is 19.1 Å². The predicted octanol–water partition coefficient (Wildman–Crippen LogP) is 2.93. The molecule has 0 aromatic heterocycles. The zero-order valence-electron chi connectivity index (χ0n) is 23.2. The first-order valence-electron chi connectivity index (χ1n) is 14.3. The summed E-state index contributed by atoms with van der Waals surface area (Å²) in [5.74, 6) is -0.864. The summed E-state index contributed by atoms with van der Waals surface area (Å²) in [5, 5.41) is 39.3. The zero-order chi connectivity index (χ0) is 28.2. The van der Waals surface area contributed by atoms with E-state index in [0.29, 0.717) is 12.8 Å². The summed E-state index contributed by atoms with van der Waals surface area (Å²) < 4.78 is 21.5. The molecule has 1 aliphatic heterocycles. The molecule has 0 saturated carbocycles. The first kappa shape index (κ1) is 34.5. The Morgan fingerprint density at radius 2 is 1.42 bits per heavy atom. The number of carbonyl (C=O) groups excluding carboxylic acids is 2. The Balaban J connectivity index is 2.45. The molecule has 0 spiro atoms. The highest BCUT2D eigenvalue weighted by Crippen LogP contribution is 2.22. The van der Waals surface area contributed by atoms with Crippen molar-refractivity contribution in [2.24, 2.45) is 0 Å². The maximum atomic E-state index is 12.4. The first-order valence-corrected chi connectivity index (χ1v) is 14.3. The minimum absolute atomic E-state index is 0.219. The molecule has 0 aromatic carbocycles. The van der Waals surface area contributed by atoms with E-state index in [-0.39, 0.29) is 26.1 Å². The molecule has 222 valence electrons. The molecule has 1 saturated heterocycles. The van der Waals surface area contributed by atoms with Gasteiger partial charge in [-0.1, -0.05) is 64.5 Å². The molecule has 0 aromatic rings. The molecule has 1 heterocycles. The summed E-state index contributed by atoms with van der Waals surface area (Å²) in [6.07, 6.45) is 7.90. The molecule has 4 N–H and O–H groups in total. The van der Waals surface area contributed by atoms with Crippen LogP contribution in [0.25, 0.3) is 0 Å². The summed E-state index contributed by atoms with van der Waals surface area (Å²) >= 11 is 0. The van der Waals surface area contributed by atoms with Gasteiger partial charge < -0.3 is 39.4 Å². The Morgan fingerprint density at radius 1 is 0.789 bits per heavy atom. The SMILES string of the molecule is CCCC/C=C\CCCCCCCC(=O)OC(COC(=O)CCCC)COC1OC(CO)C(O)C(O)C1O. The van der Waals surface area contributed by atoms with Gasteiger partial charge in [-0.2, -0.15) is 0 Å². The van der Waals surface area contributed by atoms with Crippen LogP contribution in [-0.4, -0.2) is 89.0 Å². The van der Waals surface area contributed by atoms with Crippen LogP contribution in [0.2, 0.25) is 0 Å². The van der Waals surface area contributed by atoms with Gasteiger partial charge in [0.25, 0.3) is 0 Å². The fraction of sp³-hybridized carbons (Fsp3) is 0.857. The maximum absolute atomic E-state index is 12.4. The molecule has 1 fully saturated rings. The number of esters is 2. The molecule has 6 unspecified atom stereocenters. The lowest BCUT2D eigenvalue weighted by Gasteiger charge is -2.39. The average Bonchev–Trinajstić information content (AvgIpc) is 2.91. The lowest BCUT2D eigenvalue weighted by atomic mass is 9.99. The number of unbranched alkanes of at least 4 members (excludes halogenated alkanes) is 8. The van der Waals surface area contributed by atoms with Crippen LogP contribution in [0.1, 0.15) is 97.3 Å². The number of aliphatic hydroxyl groups is 4. The van der Waals surface area contributed by atoms with Crippen molar-refractivity contribution in [2.75, 3.05) is 19.8 Å². The summed E-state index contributed by atoms with van der Waals surface area (Å²) in [7, 11) is 0. The van der Waals surface area contributed by atoms with E-state index in [1.165, 1.54) is 12.8 Å². The van der Waals surface area contributed by atoms with Gasteiger partial charge in [-0.25, -0.2) is 0 Å². The van der Waals surface area contributed by atoms with E-state index >= 15 is 0 Å². The molecule has 0 bridgehead atoms. The fourth-order valence-corrected chi connectivity index (χ4v) is 3.97. The number of ether oxygens (including phenoxy) is 4. The number of hydrogen-bond acceptors (Lipinski definition) is 10. The molecule has 10 nitrogen and oxygen atoms in total. The Bertz CT molecular complexity index is 654. The van der Waals surface area contributed by atoms with Gasteiger partial charge in [0.15, 0.2) is 12.4 Å². The van der Waals surface area contributed by atoms with Gasteiger partial charge in [0, 0.05) is 12.8 Å². The topological polar surface area (TPSA) is 152 Å². The molecule has 0 aliphatic carbocycles. The number of rotatable bonds is 21. The van der Waals surface area contributed by atoms with Crippen molar-refractivity contribution in [1.82, 2.24) is 0 Å². The number of carbonyl (C=O) groups is 2. The lowest BCUT2D eigenvalue weighted by Crippen LogP contribution is -2.59. The lowest BCUT2D eigenvalue weighted by molar-refractivity contribution is -0.305. The third-order valence-corrected chi connectivity index (χ3v) is 6.40. The second-order valence-corrected chi connectivity index (χ2v) is 9.85. The summed E-state index contributed by atoms with van der Waals surface area (Å²) in [5.41, 5.74) is 0. The smallest absolute Gasteiger partial charge is 0.306 e. The number of aliphatic hydroxyl groups excluding tert-OH is 4. The minimum Gasteiger partial charge on any atom is -0.462 e. The largest absolute Gasteiger partial charge is 0.462 e. The van der Waals surface area contributed by atoms with Gasteiger partial charge >= 0.3 is 11.9 Å². The fourth-order valence-electron chi connectivity index (χ4n) is 3.97. The molecule has 38 heavy (non-hydrogen) atoms. The second-order valence-electron chi connectivity index (χ2n) is 9.85. The highest BCUT2D eigenvalue weighted by atomic mass is 16.7. The van der Waals surface area contributed by atoms with Gasteiger partial charge in [-0.3, -0.25) is 9.59 Å². The predicted molar refractivity (Wildman–Crippen MR) is 141 cm³/mol. The van der Waals surface area contributed by atoms with Crippen LogP contribution < -0.4 is 0 Å². The van der Waals surface area contributed by atoms with Gasteiger partial charge in [-0.15, -0.1) is 0 Å². The van der Waals surface area contributed by atoms with E-state index in [1.54, 1.807) is 0 Å². The van der Waals surface area contributed by atoms with Crippen molar-refractivity contribution in [1.29, 1.82) is 0 Å². The Labute approximate surface area is 227 Å². The van der Waals surface area contributed by atoms with Crippen LogP contribution in [0.15, 0.2) is 12.2 Å². The molecule has 0 radical (unpaired) electrons. The van der Waals surface area contributed by atoms with Crippen molar-refractivity contribution in [3.05, 3.63) is 12.2 Å². The Morgan fingerprint density at radius 3 is 2.11 bits per heavy atom. The van der Waals surface area contributed by atoms with E-state index < -0.39 is 55.4 Å². The van der Waals surface area contributed by atoms with Crippen molar-refractivity contribution >= 4 is 11.9 Å². The first-order chi connectivity index (χ1) is 18.3. The van der Waals surface area contributed by atoms with Crippen LogP contribution >= 0.6 is 0 Å². The standard InChI is InChI=1S/C28H50O10/c1-3-5-7-8-9-10-11-12-13-14-15-17-24(31)37-21(19-35-23(30)16-6-4-2)20-36-28-27(34)26(33)25(32)22(18-29)38-28/h8-9,21-22,25-29,32-34H,3-7,10-20H2,1-2H3/b9-8-. The highest BCUT2D eigenvalue weighted by Gasteiger charge is 2.44. The quantitative estimate of drug-likeness (QED) is 0.0960. The van der Waals surface area contributed by atoms with Crippen molar-refractivity contribution < 1.29 is 49.0 Å².